The second-order valence-electron chi connectivity index (χ2n) is 12.3. The lowest BCUT2D eigenvalue weighted by molar-refractivity contribution is 0.995. The fourth-order valence-corrected chi connectivity index (χ4v) is 7.34. The molecular formula is C44H28N4. The first kappa shape index (κ1) is 26.7. The maximum absolute atomic E-state index is 5.32. The molecule has 10 rings (SSSR count). The van der Waals surface area contributed by atoms with E-state index in [2.05, 4.69) is 167 Å². The summed E-state index contributed by atoms with van der Waals surface area (Å²) in [5.41, 5.74) is 9.44. The van der Waals surface area contributed by atoms with Crippen LogP contribution in [0.3, 0.4) is 0 Å². The molecule has 3 heterocycles. The van der Waals surface area contributed by atoms with E-state index in [1.165, 1.54) is 26.9 Å². The van der Waals surface area contributed by atoms with Crippen molar-refractivity contribution in [3.05, 3.63) is 170 Å². The Labute approximate surface area is 276 Å². The molecule has 0 aliphatic heterocycles. The second kappa shape index (κ2) is 10.5. The summed E-state index contributed by atoms with van der Waals surface area (Å²) in [5, 5.41) is 7.17. The molecule has 4 nitrogen and oxygen atoms in total. The van der Waals surface area contributed by atoms with Gasteiger partial charge < -0.3 is 4.57 Å². The van der Waals surface area contributed by atoms with Gasteiger partial charge in [-0.1, -0.05) is 140 Å². The maximum atomic E-state index is 5.32. The number of hydrogen-bond donors (Lipinski definition) is 0. The topological polar surface area (TPSA) is 35.6 Å². The van der Waals surface area contributed by atoms with Gasteiger partial charge in [-0.25, -0.2) is 9.97 Å². The van der Waals surface area contributed by atoms with Crippen LogP contribution in [-0.2, 0) is 0 Å². The van der Waals surface area contributed by atoms with E-state index in [0.717, 1.165) is 55.7 Å². The number of hydrogen-bond acceptors (Lipinski definition) is 2. The zero-order valence-electron chi connectivity index (χ0n) is 26.0. The van der Waals surface area contributed by atoms with Crippen LogP contribution in [0.1, 0.15) is 0 Å². The fourth-order valence-electron chi connectivity index (χ4n) is 7.34. The third-order valence-electron chi connectivity index (χ3n) is 9.51. The summed E-state index contributed by atoms with van der Waals surface area (Å²) in [7, 11) is 0. The van der Waals surface area contributed by atoms with Gasteiger partial charge in [0, 0.05) is 38.4 Å². The maximum Gasteiger partial charge on any atom is 0.235 e. The van der Waals surface area contributed by atoms with E-state index in [-0.39, 0.29) is 0 Å². The van der Waals surface area contributed by atoms with Gasteiger partial charge in [-0.15, -0.1) is 0 Å². The van der Waals surface area contributed by atoms with Gasteiger partial charge in [0.25, 0.3) is 0 Å². The van der Waals surface area contributed by atoms with Gasteiger partial charge in [-0.2, -0.15) is 0 Å². The zero-order valence-corrected chi connectivity index (χ0v) is 26.0. The van der Waals surface area contributed by atoms with Crippen LogP contribution < -0.4 is 0 Å². The fraction of sp³-hybridized carbons (Fsp3) is 0. The van der Waals surface area contributed by atoms with Crippen molar-refractivity contribution in [2.45, 2.75) is 0 Å². The van der Waals surface area contributed by atoms with Gasteiger partial charge in [-0.05, 0) is 41.1 Å². The Morgan fingerprint density at radius 1 is 0.354 bits per heavy atom. The number of aromatic nitrogens is 4. The van der Waals surface area contributed by atoms with Gasteiger partial charge in [0.2, 0.25) is 5.95 Å². The van der Waals surface area contributed by atoms with Crippen molar-refractivity contribution in [1.82, 2.24) is 19.1 Å². The number of nitrogens with zero attached hydrogens (tertiary/aromatic N) is 4. The monoisotopic (exact) mass is 612 g/mol. The molecule has 10 aromatic rings. The molecule has 224 valence electrons. The van der Waals surface area contributed by atoms with Gasteiger partial charge in [-0.3, -0.25) is 4.57 Å². The molecule has 0 aliphatic carbocycles. The van der Waals surface area contributed by atoms with Crippen LogP contribution in [-0.4, -0.2) is 19.1 Å². The molecule has 0 radical (unpaired) electrons. The van der Waals surface area contributed by atoms with Crippen LogP contribution in [0.4, 0.5) is 0 Å². The minimum Gasteiger partial charge on any atom is -0.307 e. The lowest BCUT2D eigenvalue weighted by Crippen LogP contribution is -2.05. The highest BCUT2D eigenvalue weighted by Gasteiger charge is 2.23. The van der Waals surface area contributed by atoms with Crippen molar-refractivity contribution in [3.63, 3.8) is 0 Å². The summed E-state index contributed by atoms with van der Waals surface area (Å²) in [5.74, 6) is 0.643. The van der Waals surface area contributed by atoms with Crippen LogP contribution >= 0.6 is 0 Å². The summed E-state index contributed by atoms with van der Waals surface area (Å²) >= 11 is 0. The minimum atomic E-state index is 0.643. The quantitative estimate of drug-likeness (QED) is 0.198. The van der Waals surface area contributed by atoms with Crippen molar-refractivity contribution in [3.8, 4) is 34.2 Å². The van der Waals surface area contributed by atoms with E-state index < -0.39 is 0 Å². The average Bonchev–Trinajstić information content (AvgIpc) is 3.68. The van der Waals surface area contributed by atoms with Crippen LogP contribution in [0.15, 0.2) is 170 Å². The Morgan fingerprint density at radius 3 is 1.48 bits per heavy atom. The average molecular weight is 613 g/mol. The molecule has 0 atom stereocenters. The molecule has 0 aliphatic rings. The van der Waals surface area contributed by atoms with Crippen molar-refractivity contribution in [1.29, 1.82) is 0 Å². The molecule has 0 fully saturated rings. The van der Waals surface area contributed by atoms with Gasteiger partial charge >= 0.3 is 0 Å². The molecule has 4 heteroatoms. The Kier molecular flexibility index (Phi) is 5.84. The third-order valence-corrected chi connectivity index (χ3v) is 9.51. The Hall–Kier alpha value is -6.52. The normalized spacial score (nSPS) is 11.8. The predicted molar refractivity (Wildman–Crippen MR) is 199 cm³/mol. The molecule has 48 heavy (non-hydrogen) atoms. The molecule has 0 saturated heterocycles. The second-order valence-corrected chi connectivity index (χ2v) is 12.3. The highest BCUT2D eigenvalue weighted by atomic mass is 15.2. The van der Waals surface area contributed by atoms with Crippen LogP contribution in [0.25, 0.3) is 88.5 Å². The standard InChI is InChI=1S/C44H28N4/c1-3-14-30(15-4-1)38-28-39(31-16-5-2-6-17-31)46-44(45-38)48-41-22-12-10-20-35(41)37-26-25-36-34-19-9-11-21-40(34)47(42(36)43(37)48)33-24-23-29-13-7-8-18-32(29)27-33/h1-28H. The van der Waals surface area contributed by atoms with Crippen molar-refractivity contribution >= 4 is 54.4 Å². The van der Waals surface area contributed by atoms with Crippen molar-refractivity contribution < 1.29 is 0 Å². The van der Waals surface area contributed by atoms with Gasteiger partial charge in [0.05, 0.1) is 33.5 Å². The molecular weight excluding hydrogens is 585 g/mol. The SMILES string of the molecule is c1ccc(-c2cc(-c3ccccc3)nc(-n3c4ccccc4c4ccc5c6ccccc6n(-c6ccc7ccccc7c6)c5c43)n2)cc1. The number of benzene rings is 7. The van der Waals surface area contributed by atoms with Crippen molar-refractivity contribution in [2.24, 2.45) is 0 Å². The van der Waals surface area contributed by atoms with Crippen LogP contribution in [0.5, 0.6) is 0 Å². The van der Waals surface area contributed by atoms with Gasteiger partial charge in [0.1, 0.15) is 0 Å². The molecule has 7 aromatic carbocycles. The summed E-state index contributed by atoms with van der Waals surface area (Å²) < 4.78 is 4.70. The number of para-hydroxylation sites is 2. The first-order valence-electron chi connectivity index (χ1n) is 16.3. The van der Waals surface area contributed by atoms with Gasteiger partial charge in [0.15, 0.2) is 0 Å². The molecule has 3 aromatic heterocycles. The van der Waals surface area contributed by atoms with E-state index in [1.807, 2.05) is 12.1 Å². The summed E-state index contributed by atoms with van der Waals surface area (Å²) in [6.07, 6.45) is 0. The molecule has 0 amide bonds. The van der Waals surface area contributed by atoms with Crippen LogP contribution in [0, 0.1) is 0 Å². The zero-order chi connectivity index (χ0) is 31.6. The highest BCUT2D eigenvalue weighted by Crippen LogP contribution is 2.42. The van der Waals surface area contributed by atoms with Crippen molar-refractivity contribution in [2.75, 3.05) is 0 Å². The number of rotatable bonds is 4. The van der Waals surface area contributed by atoms with E-state index in [1.54, 1.807) is 0 Å². The molecule has 0 saturated carbocycles. The number of fused-ring (bicyclic) bond motifs is 8. The summed E-state index contributed by atoms with van der Waals surface area (Å²) in [4.78, 5) is 10.6. The first-order valence-corrected chi connectivity index (χ1v) is 16.3. The van der Waals surface area contributed by atoms with E-state index >= 15 is 0 Å². The van der Waals surface area contributed by atoms with Crippen LogP contribution in [0.2, 0.25) is 0 Å². The molecule has 0 spiro atoms. The predicted octanol–water partition coefficient (Wildman–Crippen LogP) is 11.2. The lowest BCUT2D eigenvalue weighted by Gasteiger charge is -2.14. The molecule has 0 unspecified atom stereocenters. The molecule has 0 bridgehead atoms. The van der Waals surface area contributed by atoms with E-state index in [4.69, 9.17) is 9.97 Å². The Morgan fingerprint density at radius 2 is 0.854 bits per heavy atom. The summed E-state index contributed by atoms with van der Waals surface area (Å²) in [6, 6.07) is 60.1. The molecule has 0 N–H and O–H groups in total. The highest BCUT2D eigenvalue weighted by molar-refractivity contribution is 6.23. The lowest BCUT2D eigenvalue weighted by atomic mass is 10.1. The largest absolute Gasteiger partial charge is 0.307 e. The summed E-state index contributed by atoms with van der Waals surface area (Å²) in [6.45, 7) is 0. The minimum absolute atomic E-state index is 0.643. The Balaban J connectivity index is 1.38. The van der Waals surface area contributed by atoms with E-state index in [0.29, 0.717) is 5.95 Å². The third kappa shape index (κ3) is 4.03. The van der Waals surface area contributed by atoms with E-state index in [9.17, 15) is 0 Å². The Bertz CT molecular complexity index is 2770. The smallest absolute Gasteiger partial charge is 0.235 e. The first-order chi connectivity index (χ1) is 23.8.